The third-order valence-electron chi connectivity index (χ3n) is 2.75. The lowest BCUT2D eigenvalue weighted by Gasteiger charge is -2.31. The molecule has 1 aliphatic rings. The molecule has 0 bridgehead atoms. The lowest BCUT2D eigenvalue weighted by atomic mass is 10.2. The van der Waals surface area contributed by atoms with Crippen molar-refractivity contribution in [1.29, 1.82) is 0 Å². The molecule has 0 radical (unpaired) electrons. The molecule has 1 aromatic rings. The molecule has 0 aliphatic carbocycles. The number of aromatic amines is 1. The van der Waals surface area contributed by atoms with Crippen LogP contribution in [0.1, 0.15) is 17.4 Å². The van der Waals surface area contributed by atoms with E-state index in [1.54, 1.807) is 4.90 Å². The molecule has 0 saturated carbocycles. The smallest absolute Gasteiger partial charge is 0.321 e. The lowest BCUT2D eigenvalue weighted by Crippen LogP contribution is -2.51. The predicted octanol–water partition coefficient (Wildman–Crippen LogP) is 0.357. The Morgan fingerprint density at radius 2 is 2.35 bits per heavy atom. The van der Waals surface area contributed by atoms with E-state index < -0.39 is 4.92 Å². The van der Waals surface area contributed by atoms with Crippen LogP contribution >= 0.6 is 0 Å². The molecule has 2 rings (SSSR count). The molecule has 1 amide bonds. The first-order valence-electron chi connectivity index (χ1n) is 5.44. The average Bonchev–Trinajstić information content (AvgIpc) is 2.77. The summed E-state index contributed by atoms with van der Waals surface area (Å²) in [5.74, 6) is -0.344. The third kappa shape index (κ3) is 2.44. The Morgan fingerprint density at radius 3 is 2.94 bits per heavy atom. The molecule has 92 valence electrons. The number of aromatic nitrogens is 1. The summed E-state index contributed by atoms with van der Waals surface area (Å²) in [4.78, 5) is 26.2. The minimum absolute atomic E-state index is 0.156. The number of rotatable bonds is 2. The second-order valence-electron chi connectivity index (χ2n) is 4.12. The van der Waals surface area contributed by atoms with E-state index in [-0.39, 0.29) is 23.5 Å². The maximum absolute atomic E-state index is 12.0. The highest BCUT2D eigenvalue weighted by Gasteiger charge is 2.25. The normalized spacial score (nSPS) is 20.3. The molecule has 1 atom stereocenters. The molecule has 1 saturated heterocycles. The number of hydrogen-bond donors (Lipinski definition) is 2. The van der Waals surface area contributed by atoms with Gasteiger partial charge in [-0.15, -0.1) is 0 Å². The molecular weight excluding hydrogens is 224 g/mol. The van der Waals surface area contributed by atoms with E-state index >= 15 is 0 Å². The minimum atomic E-state index is -0.544. The fourth-order valence-corrected chi connectivity index (χ4v) is 1.90. The highest BCUT2D eigenvalue weighted by molar-refractivity contribution is 5.93. The van der Waals surface area contributed by atoms with Crippen molar-refractivity contribution >= 4 is 11.7 Å². The zero-order valence-electron chi connectivity index (χ0n) is 9.47. The van der Waals surface area contributed by atoms with Gasteiger partial charge >= 0.3 is 5.82 Å². The average molecular weight is 238 g/mol. The van der Waals surface area contributed by atoms with E-state index in [4.69, 9.17) is 0 Å². The number of nitrogens with zero attached hydrogens (tertiary/aromatic N) is 2. The number of amides is 1. The van der Waals surface area contributed by atoms with E-state index in [0.29, 0.717) is 13.1 Å². The van der Waals surface area contributed by atoms with E-state index in [1.165, 1.54) is 12.1 Å². The molecule has 2 N–H and O–H groups in total. The molecule has 1 aromatic heterocycles. The van der Waals surface area contributed by atoms with Gasteiger partial charge in [-0.25, -0.2) is 4.98 Å². The topological polar surface area (TPSA) is 91.3 Å². The molecular formula is C10H14N4O3. The van der Waals surface area contributed by atoms with E-state index in [9.17, 15) is 14.9 Å². The maximum Gasteiger partial charge on any atom is 0.321 e. The monoisotopic (exact) mass is 238 g/mol. The number of H-pyrrole nitrogens is 1. The van der Waals surface area contributed by atoms with Gasteiger partial charge in [-0.05, 0) is 17.9 Å². The Bertz CT molecular complexity index is 443. The fraction of sp³-hybridized carbons (Fsp3) is 0.500. The molecule has 0 spiro atoms. The summed E-state index contributed by atoms with van der Waals surface area (Å²) in [6.07, 6.45) is 0. The summed E-state index contributed by atoms with van der Waals surface area (Å²) in [5, 5.41) is 13.7. The first kappa shape index (κ1) is 11.6. The number of carbonyl (C=O) groups is 1. The van der Waals surface area contributed by atoms with Crippen LogP contribution in [0.15, 0.2) is 12.1 Å². The Morgan fingerprint density at radius 1 is 1.59 bits per heavy atom. The van der Waals surface area contributed by atoms with Crippen molar-refractivity contribution in [3.8, 4) is 0 Å². The van der Waals surface area contributed by atoms with Gasteiger partial charge in [-0.3, -0.25) is 4.79 Å². The Balaban J connectivity index is 2.10. The van der Waals surface area contributed by atoms with Crippen LogP contribution in [0.4, 0.5) is 5.82 Å². The van der Waals surface area contributed by atoms with Crippen molar-refractivity contribution in [2.24, 2.45) is 0 Å². The highest BCUT2D eigenvalue weighted by Crippen LogP contribution is 2.13. The van der Waals surface area contributed by atoms with Crippen LogP contribution in [0.3, 0.4) is 0 Å². The van der Waals surface area contributed by atoms with Gasteiger partial charge in [0.25, 0.3) is 5.91 Å². The maximum atomic E-state index is 12.0. The second kappa shape index (κ2) is 4.54. The Kier molecular flexibility index (Phi) is 3.10. The van der Waals surface area contributed by atoms with Crippen LogP contribution in [0, 0.1) is 10.1 Å². The highest BCUT2D eigenvalue weighted by atomic mass is 16.6. The summed E-state index contributed by atoms with van der Waals surface area (Å²) >= 11 is 0. The second-order valence-corrected chi connectivity index (χ2v) is 4.12. The van der Waals surface area contributed by atoms with E-state index in [1.807, 2.05) is 6.92 Å². The van der Waals surface area contributed by atoms with Crippen molar-refractivity contribution in [2.75, 3.05) is 19.6 Å². The van der Waals surface area contributed by atoms with Gasteiger partial charge in [0.05, 0.1) is 0 Å². The van der Waals surface area contributed by atoms with Crippen LogP contribution in [0.25, 0.3) is 0 Å². The van der Waals surface area contributed by atoms with Crippen molar-refractivity contribution < 1.29 is 9.72 Å². The number of nitro groups is 1. The first-order chi connectivity index (χ1) is 8.08. The van der Waals surface area contributed by atoms with Crippen LogP contribution < -0.4 is 5.32 Å². The fourth-order valence-electron chi connectivity index (χ4n) is 1.90. The summed E-state index contributed by atoms with van der Waals surface area (Å²) in [6, 6.07) is 3.00. The van der Waals surface area contributed by atoms with Crippen molar-refractivity contribution in [3.63, 3.8) is 0 Å². The summed E-state index contributed by atoms with van der Waals surface area (Å²) in [5.41, 5.74) is 0.269. The van der Waals surface area contributed by atoms with Crippen LogP contribution in [0.5, 0.6) is 0 Å². The molecule has 7 heteroatoms. The van der Waals surface area contributed by atoms with Crippen LogP contribution in [0.2, 0.25) is 0 Å². The predicted molar refractivity (Wildman–Crippen MR) is 60.8 cm³/mol. The quantitative estimate of drug-likeness (QED) is 0.574. The third-order valence-corrected chi connectivity index (χ3v) is 2.75. The van der Waals surface area contributed by atoms with E-state index in [2.05, 4.69) is 10.3 Å². The van der Waals surface area contributed by atoms with Gasteiger partial charge in [0.15, 0.2) is 5.69 Å². The molecule has 2 heterocycles. The molecule has 7 nitrogen and oxygen atoms in total. The summed E-state index contributed by atoms with van der Waals surface area (Å²) in [7, 11) is 0. The zero-order chi connectivity index (χ0) is 12.4. The molecule has 1 aliphatic heterocycles. The molecule has 1 fully saturated rings. The number of carbonyl (C=O) groups excluding carboxylic acids is 1. The molecule has 0 aromatic carbocycles. The zero-order valence-corrected chi connectivity index (χ0v) is 9.47. The minimum Gasteiger partial charge on any atom is -0.358 e. The SMILES string of the molecule is CC1CN(C(=O)c2ccc([N+](=O)[O-])[nH]2)CCN1. The number of nitrogens with one attached hydrogen (secondary N) is 2. The standard InChI is InChI=1S/C10H14N4O3/c1-7-6-13(5-4-11-7)10(15)8-2-3-9(12-8)14(16)17/h2-3,7,11-12H,4-6H2,1H3. The van der Waals surface area contributed by atoms with Gasteiger partial charge < -0.3 is 20.3 Å². The summed E-state index contributed by atoms with van der Waals surface area (Å²) in [6.45, 7) is 3.98. The Labute approximate surface area is 97.9 Å². The van der Waals surface area contributed by atoms with Crippen molar-refractivity contribution in [1.82, 2.24) is 15.2 Å². The van der Waals surface area contributed by atoms with E-state index in [0.717, 1.165) is 6.54 Å². The van der Waals surface area contributed by atoms with Crippen LogP contribution in [-0.4, -0.2) is 46.4 Å². The van der Waals surface area contributed by atoms with Gasteiger partial charge in [0.2, 0.25) is 0 Å². The van der Waals surface area contributed by atoms with Gasteiger partial charge in [0.1, 0.15) is 0 Å². The summed E-state index contributed by atoms with van der Waals surface area (Å²) < 4.78 is 0. The largest absolute Gasteiger partial charge is 0.358 e. The van der Waals surface area contributed by atoms with Gasteiger partial charge in [0, 0.05) is 31.7 Å². The van der Waals surface area contributed by atoms with Crippen LogP contribution in [-0.2, 0) is 0 Å². The van der Waals surface area contributed by atoms with Gasteiger partial charge in [-0.1, -0.05) is 0 Å². The molecule has 1 unspecified atom stereocenters. The number of hydrogen-bond acceptors (Lipinski definition) is 4. The lowest BCUT2D eigenvalue weighted by molar-refractivity contribution is -0.389. The number of piperazine rings is 1. The first-order valence-corrected chi connectivity index (χ1v) is 5.44. The molecule has 17 heavy (non-hydrogen) atoms. The van der Waals surface area contributed by atoms with Crippen molar-refractivity contribution in [2.45, 2.75) is 13.0 Å². The van der Waals surface area contributed by atoms with Crippen molar-refractivity contribution in [3.05, 3.63) is 27.9 Å². The Hall–Kier alpha value is -1.89. The van der Waals surface area contributed by atoms with Gasteiger partial charge in [-0.2, -0.15) is 0 Å².